The van der Waals surface area contributed by atoms with Crippen LogP contribution in [0.3, 0.4) is 0 Å². The average Bonchev–Trinajstić information content (AvgIpc) is 2.74. The fourth-order valence-electron chi connectivity index (χ4n) is 2.92. The molecule has 2 aliphatic carbocycles. The van der Waals surface area contributed by atoms with Gasteiger partial charge in [0.2, 0.25) is 6.41 Å². The average molecular weight is 231 g/mol. The van der Waals surface area contributed by atoms with Gasteiger partial charge in [0, 0.05) is 5.70 Å². The highest BCUT2D eigenvalue weighted by molar-refractivity contribution is 5.58. The van der Waals surface area contributed by atoms with Crippen LogP contribution in [0.5, 0.6) is 0 Å². The molecule has 0 aromatic heterocycles. The molecule has 0 heterocycles. The maximum Gasteiger partial charge on any atom is 0.211 e. The minimum Gasteiger partial charge on any atom is -0.328 e. The van der Waals surface area contributed by atoms with E-state index in [0.29, 0.717) is 0 Å². The Hall–Kier alpha value is -1.31. The second kappa shape index (κ2) is 5.35. The van der Waals surface area contributed by atoms with Crippen LogP contribution in [0.4, 0.5) is 0 Å². The van der Waals surface area contributed by atoms with Gasteiger partial charge in [0.25, 0.3) is 0 Å². The molecule has 0 radical (unpaired) electrons. The molecule has 0 bridgehead atoms. The summed E-state index contributed by atoms with van der Waals surface area (Å²) in [6.45, 7) is 6.32. The maximum atomic E-state index is 10.8. The van der Waals surface area contributed by atoms with Crippen LogP contribution in [0.15, 0.2) is 34.6 Å². The van der Waals surface area contributed by atoms with Crippen LogP contribution in [0.25, 0.3) is 0 Å². The van der Waals surface area contributed by atoms with Crippen LogP contribution in [0.2, 0.25) is 0 Å². The molecule has 1 saturated carbocycles. The summed E-state index contributed by atoms with van der Waals surface area (Å²) in [6.07, 6.45) is 8.89. The number of carbonyl (C=O) groups is 1. The number of rotatable bonds is 3. The van der Waals surface area contributed by atoms with Crippen LogP contribution in [0, 0.1) is 0 Å². The van der Waals surface area contributed by atoms with Gasteiger partial charge in [-0.25, -0.2) is 0 Å². The third-order valence-corrected chi connectivity index (χ3v) is 3.88. The van der Waals surface area contributed by atoms with E-state index < -0.39 is 0 Å². The Morgan fingerprint density at radius 3 is 2.53 bits per heavy atom. The molecule has 0 atom stereocenters. The number of allylic oxidation sites excluding steroid dienone is 4. The van der Waals surface area contributed by atoms with Crippen molar-refractivity contribution in [3.8, 4) is 0 Å². The van der Waals surface area contributed by atoms with E-state index in [4.69, 9.17) is 0 Å². The van der Waals surface area contributed by atoms with Crippen LogP contribution in [-0.4, -0.2) is 6.41 Å². The first-order valence-electron chi connectivity index (χ1n) is 6.54. The molecular formula is C15H21NO. The van der Waals surface area contributed by atoms with Gasteiger partial charge in [-0.05, 0) is 68.6 Å². The number of nitrogens with one attached hydrogen (secondary N) is 1. The van der Waals surface area contributed by atoms with E-state index in [1.54, 1.807) is 0 Å². The summed E-state index contributed by atoms with van der Waals surface area (Å²) < 4.78 is 0. The molecule has 2 nitrogen and oxygen atoms in total. The zero-order valence-electron chi connectivity index (χ0n) is 10.6. The monoisotopic (exact) mass is 231 g/mol. The molecular weight excluding hydrogens is 210 g/mol. The van der Waals surface area contributed by atoms with Crippen molar-refractivity contribution in [2.45, 2.75) is 51.9 Å². The summed E-state index contributed by atoms with van der Waals surface area (Å²) in [5, 5.41) is 2.94. The predicted octanol–water partition coefficient (Wildman–Crippen LogP) is 3.62. The molecule has 0 aromatic rings. The van der Waals surface area contributed by atoms with Gasteiger partial charge >= 0.3 is 0 Å². The first-order chi connectivity index (χ1) is 8.24. The third kappa shape index (κ3) is 2.51. The van der Waals surface area contributed by atoms with Crippen LogP contribution >= 0.6 is 0 Å². The van der Waals surface area contributed by atoms with Crippen molar-refractivity contribution >= 4 is 6.41 Å². The SMILES string of the molecule is C=C1CCC/C1=C(\NC=O)C1=C(C)CCCC1. The van der Waals surface area contributed by atoms with E-state index in [1.165, 1.54) is 48.0 Å². The van der Waals surface area contributed by atoms with Crippen molar-refractivity contribution in [3.63, 3.8) is 0 Å². The van der Waals surface area contributed by atoms with E-state index in [1.807, 2.05) is 0 Å². The molecule has 2 rings (SSSR count). The van der Waals surface area contributed by atoms with E-state index in [-0.39, 0.29) is 0 Å². The van der Waals surface area contributed by atoms with E-state index in [9.17, 15) is 4.79 Å². The highest BCUT2D eigenvalue weighted by Gasteiger charge is 2.21. The van der Waals surface area contributed by atoms with E-state index in [2.05, 4.69) is 18.8 Å². The van der Waals surface area contributed by atoms with Crippen LogP contribution in [0.1, 0.15) is 51.9 Å². The van der Waals surface area contributed by atoms with Crippen LogP contribution < -0.4 is 5.32 Å². The number of amides is 1. The molecule has 0 spiro atoms. The first kappa shape index (κ1) is 12.2. The summed E-state index contributed by atoms with van der Waals surface area (Å²) in [5.41, 5.74) is 6.36. The van der Waals surface area contributed by atoms with Gasteiger partial charge in [-0.1, -0.05) is 12.2 Å². The predicted molar refractivity (Wildman–Crippen MR) is 70.4 cm³/mol. The van der Waals surface area contributed by atoms with Gasteiger partial charge in [-0.15, -0.1) is 0 Å². The molecule has 1 amide bonds. The molecule has 0 saturated heterocycles. The summed E-state index contributed by atoms with van der Waals surface area (Å²) in [6, 6.07) is 0. The van der Waals surface area contributed by atoms with Gasteiger partial charge in [0.05, 0.1) is 0 Å². The molecule has 17 heavy (non-hydrogen) atoms. The molecule has 1 fully saturated rings. The quantitative estimate of drug-likeness (QED) is 0.738. The molecule has 0 aliphatic heterocycles. The lowest BCUT2D eigenvalue weighted by Crippen LogP contribution is -2.17. The normalized spacial score (nSPS) is 23.9. The topological polar surface area (TPSA) is 29.1 Å². The lowest BCUT2D eigenvalue weighted by molar-refractivity contribution is -0.108. The van der Waals surface area contributed by atoms with Gasteiger partial charge in [0.1, 0.15) is 0 Å². The summed E-state index contributed by atoms with van der Waals surface area (Å²) in [5.74, 6) is 0. The third-order valence-electron chi connectivity index (χ3n) is 3.88. The summed E-state index contributed by atoms with van der Waals surface area (Å²) in [7, 11) is 0. The van der Waals surface area contributed by atoms with Crippen molar-refractivity contribution in [2.24, 2.45) is 0 Å². The number of carbonyl (C=O) groups excluding carboxylic acids is 1. The Morgan fingerprint density at radius 1 is 1.18 bits per heavy atom. The van der Waals surface area contributed by atoms with E-state index in [0.717, 1.165) is 31.4 Å². The Labute approximate surface area is 103 Å². The van der Waals surface area contributed by atoms with E-state index >= 15 is 0 Å². The maximum absolute atomic E-state index is 10.8. The summed E-state index contributed by atoms with van der Waals surface area (Å²) in [4.78, 5) is 10.8. The minimum absolute atomic E-state index is 0.808. The molecule has 92 valence electrons. The number of hydrogen-bond acceptors (Lipinski definition) is 1. The fraction of sp³-hybridized carbons (Fsp3) is 0.533. The van der Waals surface area contributed by atoms with Crippen molar-refractivity contribution in [2.75, 3.05) is 0 Å². The van der Waals surface area contributed by atoms with Crippen molar-refractivity contribution in [3.05, 3.63) is 34.6 Å². The number of hydrogen-bond donors (Lipinski definition) is 1. The Bertz CT molecular complexity index is 401. The highest BCUT2D eigenvalue weighted by Crippen LogP contribution is 2.37. The van der Waals surface area contributed by atoms with Gasteiger partial charge in [0.15, 0.2) is 0 Å². The lowest BCUT2D eigenvalue weighted by Gasteiger charge is -2.22. The Kier molecular flexibility index (Phi) is 3.82. The zero-order valence-corrected chi connectivity index (χ0v) is 10.6. The smallest absolute Gasteiger partial charge is 0.211 e. The first-order valence-corrected chi connectivity index (χ1v) is 6.54. The summed E-state index contributed by atoms with van der Waals surface area (Å²) >= 11 is 0. The van der Waals surface area contributed by atoms with Crippen LogP contribution in [-0.2, 0) is 4.79 Å². The molecule has 1 N–H and O–H groups in total. The second-order valence-electron chi connectivity index (χ2n) is 5.04. The Morgan fingerprint density at radius 2 is 1.94 bits per heavy atom. The molecule has 0 unspecified atom stereocenters. The van der Waals surface area contributed by atoms with Gasteiger partial charge in [-0.2, -0.15) is 0 Å². The highest BCUT2D eigenvalue weighted by atomic mass is 16.1. The standard InChI is InChI=1S/C15H21NO/c1-11-6-3-4-8-13(11)15(16-10-17)14-9-5-7-12(14)2/h10H,2-9H2,1H3,(H,16,17)/b15-14+. The van der Waals surface area contributed by atoms with Gasteiger partial charge < -0.3 is 5.32 Å². The minimum atomic E-state index is 0.808. The largest absolute Gasteiger partial charge is 0.328 e. The fourth-order valence-corrected chi connectivity index (χ4v) is 2.92. The van der Waals surface area contributed by atoms with Crippen molar-refractivity contribution in [1.29, 1.82) is 0 Å². The second-order valence-corrected chi connectivity index (χ2v) is 5.04. The lowest BCUT2D eigenvalue weighted by atomic mass is 9.88. The molecule has 2 heteroatoms. The molecule has 2 aliphatic rings. The molecule has 0 aromatic carbocycles. The van der Waals surface area contributed by atoms with Gasteiger partial charge in [-0.3, -0.25) is 4.79 Å². The van der Waals surface area contributed by atoms with Crippen molar-refractivity contribution in [1.82, 2.24) is 5.32 Å². The Balaban J connectivity index is 2.41. The zero-order chi connectivity index (χ0) is 12.3. The van der Waals surface area contributed by atoms with Crippen molar-refractivity contribution < 1.29 is 4.79 Å².